The summed E-state index contributed by atoms with van der Waals surface area (Å²) in [6.45, 7) is 0. The van der Waals surface area contributed by atoms with E-state index in [1.165, 1.54) is 23.1 Å². The van der Waals surface area contributed by atoms with Gasteiger partial charge in [0.2, 0.25) is 0 Å². The maximum absolute atomic E-state index is 12.8. The molecule has 0 amide bonds. The summed E-state index contributed by atoms with van der Waals surface area (Å²) in [5, 5.41) is 19.3. The van der Waals surface area contributed by atoms with Gasteiger partial charge in [-0.25, -0.2) is 0 Å². The summed E-state index contributed by atoms with van der Waals surface area (Å²) in [6, 6.07) is 13.3. The monoisotopic (exact) mass is 390 g/mol. The highest BCUT2D eigenvalue weighted by molar-refractivity contribution is 9.10. The highest BCUT2D eigenvalue weighted by atomic mass is 79.9. The predicted octanol–water partition coefficient (Wildman–Crippen LogP) is 4.71. The van der Waals surface area contributed by atoms with Gasteiger partial charge in [0.15, 0.2) is 5.78 Å². The topological polar surface area (TPSA) is 64.7 Å². The first kappa shape index (κ1) is 15.5. The molecule has 1 aromatic heterocycles. The van der Waals surface area contributed by atoms with Crippen molar-refractivity contribution in [3.8, 4) is 6.07 Å². The number of ketones is 1. The molecule has 22 heavy (non-hydrogen) atoms. The fourth-order valence-electron chi connectivity index (χ4n) is 2.55. The van der Waals surface area contributed by atoms with Crippen LogP contribution in [0.5, 0.6) is 0 Å². The first-order valence-electron chi connectivity index (χ1n) is 6.59. The first-order chi connectivity index (χ1) is 10.6. The minimum absolute atomic E-state index is 0.0154. The highest BCUT2D eigenvalue weighted by Crippen LogP contribution is 2.47. The molecule has 3 rings (SSSR count). The molecule has 0 spiro atoms. The smallest absolute Gasteiger partial charge is 0.176 e. The second-order valence-corrected chi connectivity index (χ2v) is 8.00. The average molecular weight is 391 g/mol. The Bertz CT molecular complexity index is 749. The third kappa shape index (κ3) is 2.76. The predicted molar refractivity (Wildman–Crippen MR) is 93.7 cm³/mol. The molecular formula is C16H11BrN2OS2. The number of nitrogens with zero attached hydrogens (tertiary/aromatic N) is 1. The van der Waals surface area contributed by atoms with Crippen molar-refractivity contribution in [3.63, 3.8) is 0 Å². The molecule has 3 nitrogen and oxygen atoms in total. The van der Waals surface area contributed by atoms with Gasteiger partial charge < -0.3 is 0 Å². The average Bonchev–Trinajstić information content (AvgIpc) is 3.14. The van der Waals surface area contributed by atoms with E-state index in [1.807, 2.05) is 29.6 Å². The zero-order chi connectivity index (χ0) is 15.7. The standard InChI is InChI=1S/C16H11BrN2OS2/c17-10-5-3-9(4-6-10)14(20)15-13(12-2-1-7-21-12)11(8-18)16(19)22-15/h1-7,11,13,15,19H/t11?,13-,15+/m0/s1. The number of Topliss-reactive ketones (excluding diaryl/α,β-unsaturated/α-hetero) is 1. The summed E-state index contributed by atoms with van der Waals surface area (Å²) in [7, 11) is 0. The second-order valence-electron chi connectivity index (χ2n) is 4.92. The molecule has 1 fully saturated rings. The van der Waals surface area contributed by atoms with Gasteiger partial charge in [-0.2, -0.15) is 5.26 Å². The number of halogens is 1. The third-order valence-electron chi connectivity index (χ3n) is 3.62. The lowest BCUT2D eigenvalue weighted by molar-refractivity contribution is 0.0981. The zero-order valence-corrected chi connectivity index (χ0v) is 14.5. The van der Waals surface area contributed by atoms with Crippen molar-refractivity contribution in [2.24, 2.45) is 5.92 Å². The Morgan fingerprint density at radius 3 is 2.59 bits per heavy atom. The van der Waals surface area contributed by atoms with Crippen molar-refractivity contribution in [3.05, 3.63) is 56.7 Å². The van der Waals surface area contributed by atoms with Crippen LogP contribution in [0.1, 0.15) is 21.2 Å². The van der Waals surface area contributed by atoms with E-state index < -0.39 is 11.2 Å². The van der Waals surface area contributed by atoms with Gasteiger partial charge in [0.25, 0.3) is 0 Å². The van der Waals surface area contributed by atoms with Crippen LogP contribution in [0.25, 0.3) is 0 Å². The van der Waals surface area contributed by atoms with Crippen LogP contribution in [0.3, 0.4) is 0 Å². The van der Waals surface area contributed by atoms with E-state index in [0.29, 0.717) is 5.56 Å². The summed E-state index contributed by atoms with van der Waals surface area (Å²) < 4.78 is 0.917. The molecule has 2 aromatic rings. The Hall–Kier alpha value is -1.42. The summed E-state index contributed by atoms with van der Waals surface area (Å²) in [5.41, 5.74) is 0.619. The van der Waals surface area contributed by atoms with Crippen LogP contribution in [0.4, 0.5) is 0 Å². The van der Waals surface area contributed by atoms with E-state index in [1.54, 1.807) is 12.1 Å². The van der Waals surface area contributed by atoms with Crippen LogP contribution in [0, 0.1) is 22.7 Å². The van der Waals surface area contributed by atoms with Gasteiger partial charge in [-0.3, -0.25) is 10.2 Å². The Morgan fingerprint density at radius 2 is 2.00 bits per heavy atom. The lowest BCUT2D eigenvalue weighted by Gasteiger charge is -2.17. The molecule has 1 unspecified atom stereocenters. The Balaban J connectivity index is 1.97. The van der Waals surface area contributed by atoms with Crippen LogP contribution < -0.4 is 0 Å². The largest absolute Gasteiger partial charge is 0.297 e. The molecule has 1 aromatic carbocycles. The summed E-state index contributed by atoms with van der Waals surface area (Å²) >= 11 is 6.12. The number of hydrogen-bond acceptors (Lipinski definition) is 5. The molecule has 2 heterocycles. The maximum Gasteiger partial charge on any atom is 0.176 e. The number of thioether (sulfide) groups is 1. The lowest BCUT2D eigenvalue weighted by Crippen LogP contribution is -2.24. The van der Waals surface area contributed by atoms with E-state index in [2.05, 4.69) is 22.0 Å². The maximum atomic E-state index is 12.8. The molecule has 0 bridgehead atoms. The molecule has 1 aliphatic rings. The van der Waals surface area contributed by atoms with Crippen molar-refractivity contribution in [2.75, 3.05) is 0 Å². The molecule has 6 heteroatoms. The molecule has 0 saturated carbocycles. The van der Waals surface area contributed by atoms with E-state index in [0.717, 1.165) is 9.35 Å². The van der Waals surface area contributed by atoms with Crippen molar-refractivity contribution in [1.82, 2.24) is 0 Å². The van der Waals surface area contributed by atoms with Crippen LogP contribution in [-0.4, -0.2) is 16.1 Å². The minimum atomic E-state index is -0.534. The number of hydrogen-bond donors (Lipinski definition) is 1. The fourth-order valence-corrected chi connectivity index (χ4v) is 5.11. The minimum Gasteiger partial charge on any atom is -0.297 e. The molecule has 3 atom stereocenters. The second kappa shape index (κ2) is 6.37. The lowest BCUT2D eigenvalue weighted by atomic mass is 9.87. The fraction of sp³-hybridized carbons (Fsp3) is 0.188. The van der Waals surface area contributed by atoms with E-state index >= 15 is 0 Å². The summed E-state index contributed by atoms with van der Waals surface area (Å²) in [4.78, 5) is 13.8. The molecule has 1 saturated heterocycles. The van der Waals surface area contributed by atoms with Crippen molar-refractivity contribution >= 4 is 49.9 Å². The van der Waals surface area contributed by atoms with Crippen molar-refractivity contribution in [2.45, 2.75) is 11.2 Å². The van der Waals surface area contributed by atoms with Crippen molar-refractivity contribution in [1.29, 1.82) is 10.7 Å². The number of rotatable bonds is 3. The Labute approximate surface area is 145 Å². The normalized spacial score (nSPS) is 24.2. The first-order valence-corrected chi connectivity index (χ1v) is 9.15. The third-order valence-corrected chi connectivity index (χ3v) is 6.39. The molecule has 0 aliphatic carbocycles. The van der Waals surface area contributed by atoms with Crippen LogP contribution >= 0.6 is 39.0 Å². The number of carbonyl (C=O) groups is 1. The van der Waals surface area contributed by atoms with Gasteiger partial charge in [0.05, 0.1) is 16.4 Å². The van der Waals surface area contributed by atoms with Crippen LogP contribution in [-0.2, 0) is 0 Å². The summed E-state index contributed by atoms with van der Waals surface area (Å²) in [5.74, 6) is -0.787. The highest BCUT2D eigenvalue weighted by Gasteiger charge is 2.46. The van der Waals surface area contributed by atoms with Gasteiger partial charge in [-0.15, -0.1) is 11.3 Å². The zero-order valence-electron chi connectivity index (χ0n) is 11.3. The number of thiophene rings is 1. The molecule has 110 valence electrons. The van der Waals surface area contributed by atoms with E-state index in [4.69, 9.17) is 5.41 Å². The molecule has 1 N–H and O–H groups in total. The number of benzene rings is 1. The van der Waals surface area contributed by atoms with Gasteiger partial charge in [0, 0.05) is 20.8 Å². The van der Waals surface area contributed by atoms with E-state index in [9.17, 15) is 10.1 Å². The molecule has 0 radical (unpaired) electrons. The Kier molecular flexibility index (Phi) is 4.48. The van der Waals surface area contributed by atoms with Gasteiger partial charge in [0.1, 0.15) is 5.92 Å². The Morgan fingerprint density at radius 1 is 1.27 bits per heavy atom. The number of nitriles is 1. The molecule has 1 aliphatic heterocycles. The van der Waals surface area contributed by atoms with Crippen LogP contribution in [0.2, 0.25) is 0 Å². The molecular weight excluding hydrogens is 380 g/mol. The van der Waals surface area contributed by atoms with Crippen LogP contribution in [0.15, 0.2) is 46.3 Å². The SMILES string of the molecule is N#CC1C(=N)S[C@@H](C(=O)c2ccc(Br)cc2)[C@@H]1c1cccs1. The van der Waals surface area contributed by atoms with E-state index in [-0.39, 0.29) is 16.7 Å². The van der Waals surface area contributed by atoms with Gasteiger partial charge in [-0.1, -0.05) is 45.9 Å². The van der Waals surface area contributed by atoms with Gasteiger partial charge >= 0.3 is 0 Å². The summed E-state index contributed by atoms with van der Waals surface area (Å²) in [6.07, 6.45) is 0. The van der Waals surface area contributed by atoms with Crippen molar-refractivity contribution < 1.29 is 4.79 Å². The van der Waals surface area contributed by atoms with Gasteiger partial charge in [-0.05, 0) is 23.6 Å². The number of carbonyl (C=O) groups excluding carboxylic acids is 1. The quantitative estimate of drug-likeness (QED) is 0.771. The number of nitrogens with one attached hydrogen (secondary N) is 1.